The molecule has 0 aromatic heterocycles. The lowest BCUT2D eigenvalue weighted by molar-refractivity contribution is 0.154. The van der Waals surface area contributed by atoms with E-state index in [9.17, 15) is 0 Å². The van der Waals surface area contributed by atoms with E-state index in [-0.39, 0.29) is 4.71 Å². The minimum atomic E-state index is 0.0486. The molecule has 1 rings (SSSR count). The van der Waals surface area contributed by atoms with Gasteiger partial charge >= 0.3 is 0 Å². The molecule has 2 nitrogen and oxygen atoms in total. The molecule has 0 radical (unpaired) electrons. The van der Waals surface area contributed by atoms with Crippen LogP contribution in [-0.4, -0.2) is 16.4 Å². The van der Waals surface area contributed by atoms with Gasteiger partial charge in [-0.15, -0.1) is 11.6 Å². The van der Waals surface area contributed by atoms with Crippen molar-refractivity contribution in [3.05, 3.63) is 0 Å². The average Bonchev–Trinajstić information content (AvgIpc) is 1.64. The lowest BCUT2D eigenvalue weighted by atomic mass is 10.8. The van der Waals surface area contributed by atoms with E-state index in [4.69, 9.17) is 16.4 Å². The molecule has 46 valence electrons. The Balaban J connectivity index is 2.45. The van der Waals surface area contributed by atoms with E-state index in [2.05, 4.69) is 5.16 Å². The second-order valence-electron chi connectivity index (χ2n) is 1.43. The predicted molar refractivity (Wildman–Crippen MR) is 36.3 cm³/mol. The largest absolute Gasteiger partial charge is 0.393 e. The van der Waals surface area contributed by atoms with Gasteiger partial charge in [0.1, 0.15) is 16.4 Å². The maximum atomic E-state index is 5.67. The molecule has 4 heteroatoms. The van der Waals surface area contributed by atoms with Gasteiger partial charge in [0.15, 0.2) is 0 Å². The van der Waals surface area contributed by atoms with Crippen LogP contribution in [0.5, 0.6) is 0 Å². The van der Waals surface area contributed by atoms with Crippen LogP contribution in [0.25, 0.3) is 0 Å². The van der Waals surface area contributed by atoms with E-state index in [1.807, 2.05) is 6.92 Å². The van der Waals surface area contributed by atoms with Crippen molar-refractivity contribution in [2.24, 2.45) is 5.16 Å². The first-order valence-electron chi connectivity index (χ1n) is 2.26. The zero-order valence-corrected chi connectivity index (χ0v) is 6.00. The zero-order valence-electron chi connectivity index (χ0n) is 4.43. The second kappa shape index (κ2) is 2.60. The number of nitrogens with zero attached hydrogens (tertiary/aromatic N) is 1. The Bertz CT molecular complexity index is 117. The topological polar surface area (TPSA) is 21.6 Å². The highest BCUT2D eigenvalue weighted by atomic mass is 35.5. The summed E-state index contributed by atoms with van der Waals surface area (Å²) in [5.74, 6) is 0. The molecule has 0 aromatic rings. The van der Waals surface area contributed by atoms with Gasteiger partial charge in [-0.05, 0) is 6.92 Å². The Morgan fingerprint density at radius 1 is 2.00 bits per heavy atom. The molecule has 0 bridgehead atoms. The van der Waals surface area contributed by atoms with Crippen molar-refractivity contribution in [1.29, 1.82) is 0 Å². The molecule has 8 heavy (non-hydrogen) atoms. The summed E-state index contributed by atoms with van der Waals surface area (Å²) in [4.78, 5) is 4.73. The third-order valence-electron chi connectivity index (χ3n) is 0.697. The second-order valence-corrected chi connectivity index (χ2v) is 3.62. The van der Waals surface area contributed by atoms with E-state index in [0.29, 0.717) is 6.61 Å². The molecule has 0 aromatic carbocycles. The predicted octanol–water partition coefficient (Wildman–Crippen LogP) is 1.65. The minimum Gasteiger partial charge on any atom is -0.393 e. The minimum absolute atomic E-state index is 0.0486. The molecule has 1 unspecified atom stereocenters. The summed E-state index contributed by atoms with van der Waals surface area (Å²) in [5.41, 5.74) is 0. The third-order valence-corrected chi connectivity index (χ3v) is 1.90. The van der Waals surface area contributed by atoms with E-state index in [0.717, 1.165) is 5.04 Å². The van der Waals surface area contributed by atoms with Gasteiger partial charge in [-0.1, -0.05) is 16.9 Å². The Morgan fingerprint density at radius 2 is 2.75 bits per heavy atom. The summed E-state index contributed by atoms with van der Waals surface area (Å²) in [7, 11) is 0. The molecule has 0 aliphatic carbocycles. The number of thioether (sulfide) groups is 1. The van der Waals surface area contributed by atoms with Crippen LogP contribution in [-0.2, 0) is 4.84 Å². The van der Waals surface area contributed by atoms with E-state index >= 15 is 0 Å². The van der Waals surface area contributed by atoms with Gasteiger partial charge in [0, 0.05) is 0 Å². The molecular formula is C4H6ClNOS. The summed E-state index contributed by atoms with van der Waals surface area (Å²) < 4.78 is 0.0486. The fourth-order valence-electron chi connectivity index (χ4n) is 0.427. The quantitative estimate of drug-likeness (QED) is 0.491. The Morgan fingerprint density at radius 3 is 3.12 bits per heavy atom. The van der Waals surface area contributed by atoms with Crippen molar-refractivity contribution in [3.8, 4) is 0 Å². The van der Waals surface area contributed by atoms with Gasteiger partial charge in [0.2, 0.25) is 0 Å². The summed E-state index contributed by atoms with van der Waals surface area (Å²) in [6.45, 7) is 2.39. The standard InChI is InChI=1S/C4H6ClNOS/c1-3-6-7-2-4(5)8-3/h4H,2H2,1H3. The van der Waals surface area contributed by atoms with E-state index < -0.39 is 0 Å². The fourth-order valence-corrected chi connectivity index (χ4v) is 1.47. The van der Waals surface area contributed by atoms with Gasteiger partial charge in [-0.3, -0.25) is 0 Å². The average molecular weight is 152 g/mol. The molecule has 0 N–H and O–H groups in total. The Hall–Kier alpha value is 0.110. The number of rotatable bonds is 0. The molecule has 0 saturated carbocycles. The zero-order chi connectivity index (χ0) is 5.98. The number of hydrogen-bond acceptors (Lipinski definition) is 3. The van der Waals surface area contributed by atoms with Gasteiger partial charge in [0.25, 0.3) is 0 Å². The lowest BCUT2D eigenvalue weighted by Crippen LogP contribution is -2.10. The number of alkyl halides is 1. The fraction of sp³-hybridized carbons (Fsp3) is 0.750. The molecule has 1 atom stereocenters. The number of halogens is 1. The van der Waals surface area contributed by atoms with Crippen LogP contribution < -0.4 is 0 Å². The highest BCUT2D eigenvalue weighted by Gasteiger charge is 2.11. The first-order valence-corrected chi connectivity index (χ1v) is 3.58. The molecular weight excluding hydrogens is 146 g/mol. The molecule has 0 spiro atoms. The molecule has 1 aliphatic heterocycles. The third kappa shape index (κ3) is 1.56. The summed E-state index contributed by atoms with van der Waals surface area (Å²) in [6, 6.07) is 0. The van der Waals surface area contributed by atoms with Gasteiger partial charge in [-0.25, -0.2) is 0 Å². The number of oxime groups is 1. The van der Waals surface area contributed by atoms with Crippen LogP contribution in [0.1, 0.15) is 6.92 Å². The summed E-state index contributed by atoms with van der Waals surface area (Å²) >= 11 is 7.20. The highest BCUT2D eigenvalue weighted by Crippen LogP contribution is 2.21. The lowest BCUT2D eigenvalue weighted by Gasteiger charge is -2.11. The van der Waals surface area contributed by atoms with E-state index in [1.54, 1.807) is 0 Å². The summed E-state index contributed by atoms with van der Waals surface area (Å²) in [5, 5.41) is 4.57. The van der Waals surface area contributed by atoms with Crippen molar-refractivity contribution in [2.75, 3.05) is 6.61 Å². The van der Waals surface area contributed by atoms with Gasteiger partial charge in [-0.2, -0.15) is 0 Å². The maximum absolute atomic E-state index is 5.67. The Labute approximate surface area is 57.2 Å². The SMILES string of the molecule is CC1=NOCC(Cl)S1. The van der Waals surface area contributed by atoms with Crippen molar-refractivity contribution in [3.63, 3.8) is 0 Å². The molecule has 1 aliphatic rings. The maximum Gasteiger partial charge on any atom is 0.143 e. The van der Waals surface area contributed by atoms with Crippen LogP contribution >= 0.6 is 23.4 Å². The monoisotopic (exact) mass is 151 g/mol. The first-order chi connectivity index (χ1) is 3.79. The van der Waals surface area contributed by atoms with Crippen LogP contribution in [0.15, 0.2) is 5.16 Å². The molecule has 0 fully saturated rings. The van der Waals surface area contributed by atoms with Crippen LogP contribution in [0.3, 0.4) is 0 Å². The van der Waals surface area contributed by atoms with Crippen molar-refractivity contribution >= 4 is 28.4 Å². The van der Waals surface area contributed by atoms with Gasteiger partial charge < -0.3 is 4.84 Å². The van der Waals surface area contributed by atoms with Gasteiger partial charge in [0.05, 0.1) is 0 Å². The smallest absolute Gasteiger partial charge is 0.143 e. The van der Waals surface area contributed by atoms with Crippen LogP contribution in [0.2, 0.25) is 0 Å². The highest BCUT2D eigenvalue weighted by molar-refractivity contribution is 8.15. The number of hydrogen-bond donors (Lipinski definition) is 0. The van der Waals surface area contributed by atoms with E-state index in [1.165, 1.54) is 11.8 Å². The Kier molecular flexibility index (Phi) is 2.02. The van der Waals surface area contributed by atoms with Crippen LogP contribution in [0, 0.1) is 0 Å². The van der Waals surface area contributed by atoms with Crippen LogP contribution in [0.4, 0.5) is 0 Å². The van der Waals surface area contributed by atoms with Crippen molar-refractivity contribution < 1.29 is 4.84 Å². The van der Waals surface area contributed by atoms with Crippen molar-refractivity contribution in [1.82, 2.24) is 0 Å². The normalized spacial score (nSPS) is 28.8. The summed E-state index contributed by atoms with van der Waals surface area (Å²) in [6.07, 6.45) is 0. The molecule has 0 saturated heterocycles. The van der Waals surface area contributed by atoms with Crippen molar-refractivity contribution in [2.45, 2.75) is 11.6 Å². The first kappa shape index (κ1) is 6.23. The molecule has 0 amide bonds. The molecule has 1 heterocycles.